The number of hydrogen-bond acceptors (Lipinski definition) is 22. The van der Waals surface area contributed by atoms with Crippen LogP contribution in [0.25, 0.3) is 0 Å². The van der Waals surface area contributed by atoms with Gasteiger partial charge in [0.1, 0.15) is 58.6 Å². The third-order valence-corrected chi connectivity index (χ3v) is 10.7. The van der Waals surface area contributed by atoms with Crippen LogP contribution in [0.3, 0.4) is 0 Å². The molecule has 346 valence electrons. The molecule has 0 radical (unpaired) electrons. The summed E-state index contributed by atoms with van der Waals surface area (Å²) in [5.41, 5.74) is -2.47. The average Bonchev–Trinajstić information content (AvgIpc) is 3.25. The third-order valence-electron chi connectivity index (χ3n) is 10.7. The number of ether oxygens (including phenoxy) is 4. The van der Waals surface area contributed by atoms with Gasteiger partial charge in [0.15, 0.2) is 63.6 Å². The first-order valence-electron chi connectivity index (χ1n) is 19.2. The molecule has 0 saturated carbocycles. The number of phenols is 13. The van der Waals surface area contributed by atoms with Crippen molar-refractivity contribution >= 4 is 11.9 Å². The average molecular weight is 919 g/mol. The van der Waals surface area contributed by atoms with Gasteiger partial charge in [0, 0.05) is 59.4 Å². The molecule has 22 heteroatoms. The van der Waals surface area contributed by atoms with Crippen LogP contribution < -0.4 is 9.47 Å². The molecule has 0 fully saturated rings. The zero-order valence-electron chi connectivity index (χ0n) is 33.7. The van der Waals surface area contributed by atoms with Gasteiger partial charge in [-0.1, -0.05) is 0 Å². The Morgan fingerprint density at radius 3 is 1.48 bits per heavy atom. The molecule has 16 N–H and O–H groups in total. The third kappa shape index (κ3) is 8.27. The van der Waals surface area contributed by atoms with Crippen molar-refractivity contribution in [3.05, 3.63) is 111 Å². The number of allylic oxidation sites excluding steroid dienone is 1. The summed E-state index contributed by atoms with van der Waals surface area (Å²) in [5.74, 6) is -20.1. The molecule has 2 aliphatic heterocycles. The van der Waals surface area contributed by atoms with E-state index in [1.165, 1.54) is 0 Å². The number of benzene rings is 5. The summed E-state index contributed by atoms with van der Waals surface area (Å²) in [5, 5.41) is 169. The number of aliphatic hydroxyl groups excluding tert-OH is 3. The lowest BCUT2D eigenvalue weighted by molar-refractivity contribution is -0.0251. The number of aliphatic hydroxyl groups is 3. The Morgan fingerprint density at radius 2 is 1.00 bits per heavy atom. The largest absolute Gasteiger partial charge is 0.509 e. The highest BCUT2D eigenvalue weighted by Crippen LogP contribution is 2.53. The summed E-state index contributed by atoms with van der Waals surface area (Å²) < 4.78 is 24.0. The molecule has 0 saturated heterocycles. The van der Waals surface area contributed by atoms with E-state index in [0.717, 1.165) is 49.4 Å². The zero-order valence-corrected chi connectivity index (χ0v) is 33.7. The normalized spacial score (nSPS) is 18.7. The lowest BCUT2D eigenvalue weighted by atomic mass is 9.79. The second-order valence-electron chi connectivity index (χ2n) is 15.1. The predicted octanol–water partition coefficient (Wildman–Crippen LogP) is 4.86. The standard InChI is InChI=1S/C44H38O22/c1-14(45)36(56)29(54)10-21(41-33(12-19-23(48)6-17(46)8-31(19)63-41)65-43(61)15-2-25(50)37(57)26(51)3-15)35-22(11-30(55)39(59)40(35)60)42-34(13-20-24(49)7-18(47)9-32(20)64-42)66-44(62)16-4-27(52)38(58)28(53)5-16/h2-11,21,33-34,41-42,45-60H,12-13H2,1H3/b29-10+,36-14-/t21?,33-,34-,41-,42-/m1/s1. The molecule has 7 rings (SSSR count). The molecule has 5 aromatic carbocycles. The van der Waals surface area contributed by atoms with Gasteiger partial charge in [0.2, 0.25) is 5.75 Å². The number of phenolic OH excluding ortho intramolecular Hbond substituents is 13. The second kappa shape index (κ2) is 16.9. The van der Waals surface area contributed by atoms with Gasteiger partial charge in [-0.05, 0) is 43.3 Å². The number of rotatable bonds is 9. The number of esters is 2. The highest BCUT2D eigenvalue weighted by Gasteiger charge is 2.46. The van der Waals surface area contributed by atoms with Crippen molar-refractivity contribution in [3.63, 3.8) is 0 Å². The van der Waals surface area contributed by atoms with E-state index in [-0.39, 0.29) is 22.6 Å². The van der Waals surface area contributed by atoms with Crippen LogP contribution in [0.5, 0.6) is 86.2 Å². The Bertz CT molecular complexity index is 2830. The van der Waals surface area contributed by atoms with Crippen LogP contribution in [0, 0.1) is 0 Å². The van der Waals surface area contributed by atoms with Crippen LogP contribution >= 0.6 is 0 Å². The molecule has 5 atom stereocenters. The molecule has 0 aliphatic carbocycles. The number of aromatic hydroxyl groups is 13. The molecular formula is C44H38O22. The van der Waals surface area contributed by atoms with Gasteiger partial charge < -0.3 is 101 Å². The minimum absolute atomic E-state index is 0.0836. The fourth-order valence-corrected chi connectivity index (χ4v) is 7.59. The molecule has 0 spiro atoms. The topological polar surface area (TPSA) is 395 Å². The second-order valence-corrected chi connectivity index (χ2v) is 15.1. The van der Waals surface area contributed by atoms with Gasteiger partial charge in [0.05, 0.1) is 17.0 Å². The highest BCUT2D eigenvalue weighted by atomic mass is 16.6. The van der Waals surface area contributed by atoms with Gasteiger partial charge in [0.25, 0.3) is 0 Å². The van der Waals surface area contributed by atoms with Gasteiger partial charge in [-0.2, -0.15) is 0 Å². The maximum absolute atomic E-state index is 13.8. The molecule has 2 heterocycles. The van der Waals surface area contributed by atoms with Crippen LogP contribution in [-0.2, 0) is 22.3 Å². The first-order chi connectivity index (χ1) is 31.0. The van der Waals surface area contributed by atoms with Gasteiger partial charge >= 0.3 is 11.9 Å². The number of fused-ring (bicyclic) bond motifs is 2. The summed E-state index contributed by atoms with van der Waals surface area (Å²) in [6, 6.07) is 7.54. The van der Waals surface area contributed by atoms with E-state index in [0.29, 0.717) is 18.2 Å². The Kier molecular flexibility index (Phi) is 11.5. The Labute approximate surface area is 369 Å². The lowest BCUT2D eigenvalue weighted by Crippen LogP contribution is -2.45. The van der Waals surface area contributed by atoms with Crippen molar-refractivity contribution in [3.8, 4) is 86.2 Å². The van der Waals surface area contributed by atoms with E-state index < -0.39 is 169 Å². The van der Waals surface area contributed by atoms with Crippen LogP contribution in [0.4, 0.5) is 0 Å². The molecule has 0 amide bonds. The summed E-state index contributed by atoms with van der Waals surface area (Å²) in [6.45, 7) is 0.959. The van der Waals surface area contributed by atoms with Crippen molar-refractivity contribution < 1.29 is 110 Å². The number of carbonyl (C=O) groups excluding carboxylic acids is 2. The Balaban J connectivity index is 1.47. The van der Waals surface area contributed by atoms with E-state index in [4.69, 9.17) is 18.9 Å². The molecule has 5 aromatic rings. The smallest absolute Gasteiger partial charge is 0.338 e. The number of carbonyl (C=O) groups is 2. The Hall–Kier alpha value is -9.08. The van der Waals surface area contributed by atoms with Gasteiger partial charge in [-0.25, -0.2) is 9.59 Å². The first-order valence-corrected chi connectivity index (χ1v) is 19.2. The maximum atomic E-state index is 13.8. The van der Waals surface area contributed by atoms with Crippen molar-refractivity contribution in [1.29, 1.82) is 0 Å². The van der Waals surface area contributed by atoms with Crippen LogP contribution in [0.1, 0.15) is 61.9 Å². The van der Waals surface area contributed by atoms with E-state index in [9.17, 15) is 91.3 Å². The first kappa shape index (κ1) is 45.0. The summed E-state index contributed by atoms with van der Waals surface area (Å²) in [7, 11) is 0. The van der Waals surface area contributed by atoms with E-state index in [2.05, 4.69) is 0 Å². The van der Waals surface area contributed by atoms with E-state index in [1.54, 1.807) is 0 Å². The molecule has 22 nitrogen and oxygen atoms in total. The zero-order chi connectivity index (χ0) is 48.2. The minimum atomic E-state index is -1.98. The molecule has 1 unspecified atom stereocenters. The molecule has 66 heavy (non-hydrogen) atoms. The Morgan fingerprint density at radius 1 is 0.561 bits per heavy atom. The van der Waals surface area contributed by atoms with Crippen molar-refractivity contribution in [2.24, 2.45) is 0 Å². The monoisotopic (exact) mass is 918 g/mol. The fourth-order valence-electron chi connectivity index (χ4n) is 7.59. The SMILES string of the molecule is C/C(O)=C(O)\C(O)=C/C(c1c([C@H]2Oc3cc(O)cc(O)c3C[C@H]2OC(=O)c2cc(O)c(O)c(O)c2)cc(O)c(O)c1O)[C@H]1Oc2cc(O)cc(O)c2C[C@H]1OC(=O)c1cc(O)c(O)c(O)c1. The van der Waals surface area contributed by atoms with Crippen molar-refractivity contribution in [1.82, 2.24) is 0 Å². The maximum Gasteiger partial charge on any atom is 0.338 e. The van der Waals surface area contributed by atoms with E-state index >= 15 is 0 Å². The van der Waals surface area contributed by atoms with Crippen LogP contribution in [0.15, 0.2) is 78.0 Å². The van der Waals surface area contributed by atoms with Gasteiger partial charge in [-0.3, -0.25) is 0 Å². The summed E-state index contributed by atoms with van der Waals surface area (Å²) in [4.78, 5) is 27.5. The quantitative estimate of drug-likeness (QED) is 0.0406. The summed E-state index contributed by atoms with van der Waals surface area (Å²) in [6.07, 6.45) is -7.63. The summed E-state index contributed by atoms with van der Waals surface area (Å²) >= 11 is 0. The lowest BCUT2D eigenvalue weighted by Gasteiger charge is -2.39. The van der Waals surface area contributed by atoms with E-state index in [1.807, 2.05) is 0 Å². The molecule has 0 bridgehead atoms. The molecule has 2 aliphatic rings. The van der Waals surface area contributed by atoms with Crippen molar-refractivity contribution in [2.45, 2.75) is 50.1 Å². The van der Waals surface area contributed by atoms with Crippen molar-refractivity contribution in [2.75, 3.05) is 0 Å². The molecular weight excluding hydrogens is 880 g/mol. The number of hydrogen-bond donors (Lipinski definition) is 16. The fraction of sp³-hybridized carbons (Fsp3) is 0.182. The molecule has 0 aromatic heterocycles. The van der Waals surface area contributed by atoms with Gasteiger partial charge in [-0.15, -0.1) is 0 Å². The van der Waals surface area contributed by atoms with Crippen LogP contribution in [-0.4, -0.2) is 112 Å². The van der Waals surface area contributed by atoms with Crippen LogP contribution in [0.2, 0.25) is 0 Å². The predicted molar refractivity (Wildman–Crippen MR) is 219 cm³/mol. The highest BCUT2D eigenvalue weighted by molar-refractivity contribution is 5.92. The minimum Gasteiger partial charge on any atom is -0.509 e.